The van der Waals surface area contributed by atoms with Crippen molar-refractivity contribution in [3.8, 4) is 16.9 Å². The molecular weight excluding hydrogens is 326 g/mol. The molecule has 1 saturated heterocycles. The third-order valence-electron chi connectivity index (χ3n) is 5.71. The molecule has 2 aromatic carbocycles. The van der Waals surface area contributed by atoms with Gasteiger partial charge in [-0.1, -0.05) is 18.2 Å². The summed E-state index contributed by atoms with van der Waals surface area (Å²) in [5.74, 6) is 1.05. The first-order chi connectivity index (χ1) is 12.5. The number of carbonyl (C=O) groups excluding carboxylic acids is 1. The molecule has 1 aliphatic carbocycles. The number of morpholine rings is 1. The van der Waals surface area contributed by atoms with Crippen LogP contribution < -0.4 is 4.74 Å². The highest BCUT2D eigenvalue weighted by atomic mass is 16.5. The molecule has 4 rings (SSSR count). The molecule has 0 unspecified atom stereocenters. The van der Waals surface area contributed by atoms with Gasteiger partial charge in [-0.3, -0.25) is 9.69 Å². The number of methoxy groups -OCH3 is 1. The lowest BCUT2D eigenvalue weighted by Crippen LogP contribution is -2.54. The fourth-order valence-corrected chi connectivity index (χ4v) is 4.07. The molecule has 0 N–H and O–H groups in total. The molecule has 0 spiro atoms. The van der Waals surface area contributed by atoms with Gasteiger partial charge in [0.2, 0.25) is 0 Å². The van der Waals surface area contributed by atoms with Crippen LogP contribution in [0.1, 0.15) is 35.3 Å². The number of nitrogens with zero attached hydrogens (tertiary/aromatic N) is 1. The molecule has 2 aliphatic rings. The molecular formula is C22H25NO3. The quantitative estimate of drug-likeness (QED) is 0.674. The molecule has 0 atom stereocenters. The van der Waals surface area contributed by atoms with Gasteiger partial charge < -0.3 is 9.47 Å². The first-order valence-electron chi connectivity index (χ1n) is 9.18. The molecule has 0 amide bonds. The zero-order chi connectivity index (χ0) is 18.3. The molecule has 136 valence electrons. The number of hydrogen-bond acceptors (Lipinski definition) is 4. The molecule has 0 bridgehead atoms. The van der Waals surface area contributed by atoms with Crippen LogP contribution in [-0.2, 0) is 11.2 Å². The van der Waals surface area contributed by atoms with Gasteiger partial charge in [0.1, 0.15) is 5.75 Å². The maximum absolute atomic E-state index is 13.2. The second-order valence-corrected chi connectivity index (χ2v) is 7.56. The van der Waals surface area contributed by atoms with Gasteiger partial charge in [-0.05, 0) is 60.7 Å². The van der Waals surface area contributed by atoms with Crippen LogP contribution in [0.5, 0.6) is 5.75 Å². The van der Waals surface area contributed by atoms with Gasteiger partial charge in [0.05, 0.1) is 25.9 Å². The molecule has 1 aliphatic heterocycles. The van der Waals surface area contributed by atoms with Crippen molar-refractivity contribution in [3.63, 3.8) is 0 Å². The minimum atomic E-state index is -0.521. The van der Waals surface area contributed by atoms with Crippen molar-refractivity contribution in [2.75, 3.05) is 33.4 Å². The summed E-state index contributed by atoms with van der Waals surface area (Å²) >= 11 is 0. The maximum atomic E-state index is 13.2. The van der Waals surface area contributed by atoms with Crippen LogP contribution in [0.25, 0.3) is 11.1 Å². The fourth-order valence-electron chi connectivity index (χ4n) is 4.07. The molecule has 26 heavy (non-hydrogen) atoms. The van der Waals surface area contributed by atoms with Crippen LogP contribution in [0.3, 0.4) is 0 Å². The number of rotatable bonds is 4. The molecule has 1 fully saturated rings. The highest BCUT2D eigenvalue weighted by Gasteiger charge is 2.36. The first-order valence-corrected chi connectivity index (χ1v) is 9.18. The summed E-state index contributed by atoms with van der Waals surface area (Å²) < 4.78 is 10.8. The van der Waals surface area contributed by atoms with E-state index in [1.807, 2.05) is 26.0 Å². The van der Waals surface area contributed by atoms with Crippen LogP contribution >= 0.6 is 0 Å². The van der Waals surface area contributed by atoms with E-state index in [-0.39, 0.29) is 5.78 Å². The highest BCUT2D eigenvalue weighted by Crippen LogP contribution is 2.39. The number of benzene rings is 2. The van der Waals surface area contributed by atoms with Crippen molar-refractivity contribution >= 4 is 5.78 Å². The average Bonchev–Trinajstić information content (AvgIpc) is 3.04. The van der Waals surface area contributed by atoms with Gasteiger partial charge in [0.25, 0.3) is 0 Å². The molecule has 1 heterocycles. The number of carbonyl (C=O) groups is 1. The summed E-state index contributed by atoms with van der Waals surface area (Å²) in [5.41, 5.74) is 5.22. The number of hydrogen-bond donors (Lipinski definition) is 0. The van der Waals surface area contributed by atoms with E-state index in [1.165, 1.54) is 22.3 Å². The summed E-state index contributed by atoms with van der Waals surface area (Å²) in [4.78, 5) is 15.5. The van der Waals surface area contributed by atoms with Crippen LogP contribution in [0, 0.1) is 0 Å². The minimum absolute atomic E-state index is 0.177. The van der Waals surface area contributed by atoms with Crippen molar-refractivity contribution in [2.45, 2.75) is 25.8 Å². The molecule has 4 heteroatoms. The van der Waals surface area contributed by atoms with Gasteiger partial charge in [0.15, 0.2) is 5.78 Å². The van der Waals surface area contributed by atoms with Crippen molar-refractivity contribution in [1.29, 1.82) is 0 Å². The SMILES string of the molecule is COc1ccc2c(c1)Cc1cc(C(=O)C(C)(C)N3CCOCC3)ccc1-2. The van der Waals surface area contributed by atoms with Crippen LogP contribution in [0.15, 0.2) is 36.4 Å². The Morgan fingerprint density at radius 1 is 1.04 bits per heavy atom. The van der Waals surface area contributed by atoms with Crippen molar-refractivity contribution < 1.29 is 14.3 Å². The zero-order valence-corrected chi connectivity index (χ0v) is 15.7. The Hall–Kier alpha value is -2.17. The third kappa shape index (κ3) is 2.83. The van der Waals surface area contributed by atoms with Crippen LogP contribution in [0.2, 0.25) is 0 Å². The van der Waals surface area contributed by atoms with Gasteiger partial charge in [-0.25, -0.2) is 0 Å². The van der Waals surface area contributed by atoms with Crippen LogP contribution in [-0.4, -0.2) is 49.6 Å². The lowest BCUT2D eigenvalue weighted by molar-refractivity contribution is -0.00430. The smallest absolute Gasteiger partial charge is 0.182 e. The minimum Gasteiger partial charge on any atom is -0.497 e. The molecule has 0 saturated carbocycles. The maximum Gasteiger partial charge on any atom is 0.182 e. The number of Topliss-reactive ketones (excluding diaryl/α,β-unsaturated/α-hetero) is 1. The van der Waals surface area contributed by atoms with E-state index >= 15 is 0 Å². The third-order valence-corrected chi connectivity index (χ3v) is 5.71. The second-order valence-electron chi connectivity index (χ2n) is 7.56. The fraction of sp³-hybridized carbons (Fsp3) is 0.409. The predicted octanol–water partition coefficient (Wildman–Crippen LogP) is 3.56. The standard InChI is InChI=1S/C22H25NO3/c1-22(2,23-8-10-26-11-9-23)21(24)15-4-6-19-16(12-15)13-17-14-18(25-3)5-7-20(17)19/h4-7,12,14H,8-11,13H2,1-3H3. The number of ketones is 1. The van der Waals surface area contributed by atoms with E-state index < -0.39 is 5.54 Å². The van der Waals surface area contributed by atoms with E-state index in [9.17, 15) is 4.79 Å². The highest BCUT2D eigenvalue weighted by molar-refractivity contribution is 6.03. The van der Waals surface area contributed by atoms with E-state index in [2.05, 4.69) is 29.2 Å². The van der Waals surface area contributed by atoms with Gasteiger partial charge in [0, 0.05) is 18.7 Å². The molecule has 4 nitrogen and oxygen atoms in total. The average molecular weight is 351 g/mol. The topological polar surface area (TPSA) is 38.8 Å². The monoisotopic (exact) mass is 351 g/mol. The summed E-state index contributed by atoms with van der Waals surface area (Å²) in [6.45, 7) is 7.03. The van der Waals surface area contributed by atoms with Gasteiger partial charge in [-0.15, -0.1) is 0 Å². The largest absolute Gasteiger partial charge is 0.497 e. The lowest BCUT2D eigenvalue weighted by Gasteiger charge is -2.39. The Bertz CT molecular complexity index is 850. The summed E-state index contributed by atoms with van der Waals surface area (Å²) in [6, 6.07) is 12.3. The Labute approximate surface area is 154 Å². The molecule has 2 aromatic rings. The van der Waals surface area contributed by atoms with Gasteiger partial charge >= 0.3 is 0 Å². The van der Waals surface area contributed by atoms with Crippen molar-refractivity contribution in [3.05, 3.63) is 53.1 Å². The molecule has 0 aromatic heterocycles. The summed E-state index contributed by atoms with van der Waals surface area (Å²) in [7, 11) is 1.69. The lowest BCUT2D eigenvalue weighted by atomic mass is 9.89. The van der Waals surface area contributed by atoms with E-state index in [4.69, 9.17) is 9.47 Å². The van der Waals surface area contributed by atoms with Crippen molar-refractivity contribution in [1.82, 2.24) is 4.90 Å². The summed E-state index contributed by atoms with van der Waals surface area (Å²) in [5, 5.41) is 0. The van der Waals surface area contributed by atoms with E-state index in [0.717, 1.165) is 30.8 Å². The number of fused-ring (bicyclic) bond motifs is 3. The van der Waals surface area contributed by atoms with E-state index in [0.29, 0.717) is 13.2 Å². The zero-order valence-electron chi connectivity index (χ0n) is 15.7. The Morgan fingerprint density at radius 2 is 1.69 bits per heavy atom. The Morgan fingerprint density at radius 3 is 2.38 bits per heavy atom. The Balaban J connectivity index is 1.62. The van der Waals surface area contributed by atoms with E-state index in [1.54, 1.807) is 7.11 Å². The predicted molar refractivity (Wildman–Crippen MR) is 102 cm³/mol. The second kappa shape index (κ2) is 6.53. The first kappa shape index (κ1) is 17.3. The Kier molecular flexibility index (Phi) is 4.33. The molecule has 0 radical (unpaired) electrons. The van der Waals surface area contributed by atoms with Crippen molar-refractivity contribution in [2.24, 2.45) is 0 Å². The number of ether oxygens (including phenoxy) is 2. The van der Waals surface area contributed by atoms with Gasteiger partial charge in [-0.2, -0.15) is 0 Å². The normalized spacial score (nSPS) is 16.9. The summed E-state index contributed by atoms with van der Waals surface area (Å²) in [6.07, 6.45) is 0.848. The van der Waals surface area contributed by atoms with Crippen LogP contribution in [0.4, 0.5) is 0 Å².